The van der Waals surface area contributed by atoms with Crippen LogP contribution in [0.3, 0.4) is 0 Å². The maximum absolute atomic E-state index is 12.1. The Morgan fingerprint density at radius 1 is 1.47 bits per heavy atom. The Kier molecular flexibility index (Phi) is 3.69. The quantitative estimate of drug-likeness (QED) is 0.824. The highest BCUT2D eigenvalue weighted by molar-refractivity contribution is 5.28. The van der Waals surface area contributed by atoms with Gasteiger partial charge < -0.3 is 10.3 Å². The van der Waals surface area contributed by atoms with Crippen molar-refractivity contribution in [3.8, 4) is 0 Å². The average molecular weight is 208 g/mol. The van der Waals surface area contributed by atoms with Crippen LogP contribution in [0.15, 0.2) is 10.9 Å². The van der Waals surface area contributed by atoms with Crippen molar-refractivity contribution < 1.29 is 0 Å². The molecule has 0 saturated carbocycles. The van der Waals surface area contributed by atoms with E-state index in [-0.39, 0.29) is 11.6 Å². The molecule has 1 aromatic heterocycles. The van der Waals surface area contributed by atoms with Crippen LogP contribution in [0.4, 0.5) is 0 Å². The summed E-state index contributed by atoms with van der Waals surface area (Å²) in [5, 5.41) is 0. The van der Waals surface area contributed by atoms with Gasteiger partial charge in [-0.3, -0.25) is 4.79 Å². The van der Waals surface area contributed by atoms with E-state index in [1.807, 2.05) is 31.4 Å². The third kappa shape index (κ3) is 2.29. The first-order chi connectivity index (χ1) is 6.99. The van der Waals surface area contributed by atoms with Crippen molar-refractivity contribution in [2.24, 2.45) is 5.73 Å². The molecular weight excluding hydrogens is 188 g/mol. The zero-order valence-corrected chi connectivity index (χ0v) is 10.0. The molecule has 1 rings (SSSR count). The largest absolute Gasteiger partial charge is 0.324 e. The molecule has 0 saturated heterocycles. The van der Waals surface area contributed by atoms with Crippen LogP contribution >= 0.6 is 0 Å². The van der Waals surface area contributed by atoms with E-state index in [4.69, 9.17) is 5.73 Å². The van der Waals surface area contributed by atoms with Crippen molar-refractivity contribution in [3.05, 3.63) is 33.2 Å². The molecule has 0 fully saturated rings. The first-order valence-corrected chi connectivity index (χ1v) is 5.45. The molecule has 0 spiro atoms. The van der Waals surface area contributed by atoms with Gasteiger partial charge in [0.1, 0.15) is 0 Å². The highest BCUT2D eigenvalue weighted by Crippen LogP contribution is 2.12. The van der Waals surface area contributed by atoms with Crippen LogP contribution in [0.2, 0.25) is 0 Å². The number of nitrogens with two attached hydrogens (primary N) is 1. The van der Waals surface area contributed by atoms with Gasteiger partial charge in [0.25, 0.3) is 5.56 Å². The average Bonchev–Trinajstić information content (AvgIpc) is 2.11. The van der Waals surface area contributed by atoms with Gasteiger partial charge in [-0.25, -0.2) is 0 Å². The third-order valence-electron chi connectivity index (χ3n) is 2.65. The van der Waals surface area contributed by atoms with Crippen LogP contribution in [0.25, 0.3) is 0 Å². The predicted octanol–water partition coefficient (Wildman–Crippen LogP) is 1.89. The van der Waals surface area contributed by atoms with Gasteiger partial charge in [0.15, 0.2) is 0 Å². The van der Waals surface area contributed by atoms with E-state index < -0.39 is 0 Å². The van der Waals surface area contributed by atoms with Gasteiger partial charge in [-0.1, -0.05) is 6.92 Å². The van der Waals surface area contributed by atoms with Crippen LogP contribution in [0, 0.1) is 13.8 Å². The molecule has 1 atom stereocenters. The monoisotopic (exact) mass is 208 g/mol. The second-order valence-corrected chi connectivity index (χ2v) is 4.13. The van der Waals surface area contributed by atoms with Gasteiger partial charge >= 0.3 is 0 Å². The Balaban J connectivity index is 3.42. The van der Waals surface area contributed by atoms with Crippen molar-refractivity contribution in [3.63, 3.8) is 0 Å². The molecule has 1 unspecified atom stereocenters. The summed E-state index contributed by atoms with van der Waals surface area (Å²) in [6.07, 6.45) is 0.961. The maximum atomic E-state index is 12.1. The fourth-order valence-corrected chi connectivity index (χ4v) is 2.00. The van der Waals surface area contributed by atoms with Gasteiger partial charge in [-0.05, 0) is 38.8 Å². The molecule has 1 aromatic rings. The molecule has 3 heteroatoms. The second-order valence-electron chi connectivity index (χ2n) is 4.13. The fraction of sp³-hybridized carbons (Fsp3) is 0.583. The highest BCUT2D eigenvalue weighted by atomic mass is 16.1. The van der Waals surface area contributed by atoms with Crippen LogP contribution in [-0.2, 0) is 6.54 Å². The zero-order valence-electron chi connectivity index (χ0n) is 10.0. The topological polar surface area (TPSA) is 48.0 Å². The SMILES string of the molecule is CCCn1c(C)cc(C)c(C(C)N)c1=O. The smallest absolute Gasteiger partial charge is 0.255 e. The Morgan fingerprint density at radius 2 is 2.07 bits per heavy atom. The molecule has 0 amide bonds. The molecule has 84 valence electrons. The van der Waals surface area contributed by atoms with E-state index in [0.29, 0.717) is 0 Å². The summed E-state index contributed by atoms with van der Waals surface area (Å²) in [4.78, 5) is 12.1. The van der Waals surface area contributed by atoms with Crippen molar-refractivity contribution in [2.45, 2.75) is 46.7 Å². The molecule has 0 radical (unpaired) electrons. The van der Waals surface area contributed by atoms with Crippen LogP contribution < -0.4 is 11.3 Å². The Hall–Kier alpha value is -1.09. The van der Waals surface area contributed by atoms with Gasteiger partial charge in [0, 0.05) is 23.8 Å². The highest BCUT2D eigenvalue weighted by Gasteiger charge is 2.12. The number of hydrogen-bond acceptors (Lipinski definition) is 2. The second kappa shape index (κ2) is 4.62. The lowest BCUT2D eigenvalue weighted by atomic mass is 10.0. The standard InChI is InChI=1S/C12H20N2O/c1-5-6-14-9(3)7-8(2)11(10(4)13)12(14)15/h7,10H,5-6,13H2,1-4H3. The zero-order chi connectivity index (χ0) is 11.6. The summed E-state index contributed by atoms with van der Waals surface area (Å²) in [5.74, 6) is 0. The number of aromatic nitrogens is 1. The number of rotatable bonds is 3. The lowest BCUT2D eigenvalue weighted by molar-refractivity contribution is 0.617. The molecule has 3 nitrogen and oxygen atoms in total. The summed E-state index contributed by atoms with van der Waals surface area (Å²) in [5.41, 5.74) is 8.65. The molecule has 0 bridgehead atoms. The molecule has 0 aliphatic carbocycles. The molecule has 0 aromatic carbocycles. The van der Waals surface area contributed by atoms with Gasteiger partial charge in [0.2, 0.25) is 0 Å². The minimum atomic E-state index is -0.193. The molecular formula is C12H20N2O. The Labute approximate surface area is 90.9 Å². The number of aryl methyl sites for hydroxylation is 2. The van der Waals surface area contributed by atoms with Crippen molar-refractivity contribution in [2.75, 3.05) is 0 Å². The first-order valence-electron chi connectivity index (χ1n) is 5.45. The molecule has 0 aliphatic rings. The molecule has 1 heterocycles. The van der Waals surface area contributed by atoms with E-state index in [0.717, 1.165) is 29.8 Å². The summed E-state index contributed by atoms with van der Waals surface area (Å²) < 4.78 is 1.81. The summed E-state index contributed by atoms with van der Waals surface area (Å²) in [7, 11) is 0. The van der Waals surface area contributed by atoms with Gasteiger partial charge in [-0.2, -0.15) is 0 Å². The van der Waals surface area contributed by atoms with Crippen molar-refractivity contribution in [1.82, 2.24) is 4.57 Å². The van der Waals surface area contributed by atoms with Gasteiger partial charge in [0.05, 0.1) is 0 Å². The Morgan fingerprint density at radius 3 is 2.53 bits per heavy atom. The van der Waals surface area contributed by atoms with Crippen molar-refractivity contribution >= 4 is 0 Å². The summed E-state index contributed by atoms with van der Waals surface area (Å²) in [6, 6.07) is 1.84. The van der Waals surface area contributed by atoms with E-state index in [1.54, 1.807) is 0 Å². The van der Waals surface area contributed by atoms with E-state index in [2.05, 4.69) is 6.92 Å². The molecule has 15 heavy (non-hydrogen) atoms. The Bertz CT molecular complexity index is 405. The summed E-state index contributed by atoms with van der Waals surface area (Å²) >= 11 is 0. The van der Waals surface area contributed by atoms with E-state index in [1.165, 1.54) is 0 Å². The maximum Gasteiger partial charge on any atom is 0.255 e. The number of nitrogens with zero attached hydrogens (tertiary/aromatic N) is 1. The van der Waals surface area contributed by atoms with Crippen LogP contribution in [0.5, 0.6) is 0 Å². The summed E-state index contributed by atoms with van der Waals surface area (Å²) in [6.45, 7) is 8.61. The number of pyridine rings is 1. The predicted molar refractivity (Wildman–Crippen MR) is 63.1 cm³/mol. The lowest BCUT2D eigenvalue weighted by Gasteiger charge is -2.15. The molecule has 2 N–H and O–H groups in total. The minimum Gasteiger partial charge on any atom is -0.324 e. The molecule has 0 aliphatic heterocycles. The fourth-order valence-electron chi connectivity index (χ4n) is 2.00. The van der Waals surface area contributed by atoms with E-state index in [9.17, 15) is 4.79 Å². The normalized spacial score (nSPS) is 12.9. The van der Waals surface area contributed by atoms with E-state index >= 15 is 0 Å². The van der Waals surface area contributed by atoms with Crippen LogP contribution in [-0.4, -0.2) is 4.57 Å². The minimum absolute atomic E-state index is 0.0735. The lowest BCUT2D eigenvalue weighted by Crippen LogP contribution is -2.30. The van der Waals surface area contributed by atoms with Crippen molar-refractivity contribution in [1.29, 1.82) is 0 Å². The van der Waals surface area contributed by atoms with Crippen LogP contribution in [0.1, 0.15) is 43.1 Å². The number of hydrogen-bond donors (Lipinski definition) is 1. The van der Waals surface area contributed by atoms with Gasteiger partial charge in [-0.15, -0.1) is 0 Å². The third-order valence-corrected chi connectivity index (χ3v) is 2.65. The first kappa shape index (κ1) is 12.0.